The lowest BCUT2D eigenvalue weighted by Gasteiger charge is -2.17. The molecule has 0 saturated heterocycles. The molecule has 7 heteroatoms. The molecule has 0 unspecified atom stereocenters. The number of rotatable bonds is 2. The van der Waals surface area contributed by atoms with Crippen LogP contribution in [0.4, 0.5) is 5.69 Å². The van der Waals surface area contributed by atoms with E-state index in [0.717, 1.165) is 25.6 Å². The van der Waals surface area contributed by atoms with Gasteiger partial charge in [-0.2, -0.15) is 0 Å². The first kappa shape index (κ1) is 20.2. The van der Waals surface area contributed by atoms with Crippen molar-refractivity contribution in [3.63, 3.8) is 0 Å². The molecular weight excluding hydrogens is 491 g/mol. The second kappa shape index (κ2) is 7.81. The van der Waals surface area contributed by atoms with Gasteiger partial charge in [-0.15, -0.1) is 0 Å². The third-order valence-electron chi connectivity index (χ3n) is 4.46. The Morgan fingerprint density at radius 1 is 1.11 bits per heavy atom. The van der Waals surface area contributed by atoms with Crippen molar-refractivity contribution in [3.05, 3.63) is 69.1 Å². The second-order valence-corrected chi connectivity index (χ2v) is 7.30. The molecule has 2 aromatic carbocycles. The number of carbonyl (C=O) groups is 1. The Kier molecular flexibility index (Phi) is 5.62. The molecule has 0 spiro atoms. The molecule has 2 aliphatic rings. The van der Waals surface area contributed by atoms with E-state index in [4.69, 9.17) is 20.3 Å². The number of fused-ring (bicyclic) bond motifs is 2. The number of ether oxygens (including phenoxy) is 1. The minimum Gasteiger partial charge on any atom is -1.00 e. The number of benzene rings is 3. The maximum Gasteiger partial charge on any atom is 0.338 e. The molecule has 0 fully saturated rings. The van der Waals surface area contributed by atoms with E-state index < -0.39 is 5.97 Å². The summed E-state index contributed by atoms with van der Waals surface area (Å²) in [6.45, 7) is 0. The zero-order valence-corrected chi connectivity index (χ0v) is 17.7. The van der Waals surface area contributed by atoms with Gasteiger partial charge in [0.05, 0.1) is 22.3 Å². The second-order valence-electron chi connectivity index (χ2n) is 6.14. The van der Waals surface area contributed by atoms with Crippen LogP contribution in [-0.4, -0.2) is 13.1 Å². The Hall–Kier alpha value is -2.58. The van der Waals surface area contributed by atoms with Crippen molar-refractivity contribution in [2.75, 3.05) is 12.8 Å². The Morgan fingerprint density at radius 2 is 1.86 bits per heavy atom. The number of halogens is 2. The highest BCUT2D eigenvalue weighted by atomic mass is 127. The van der Waals surface area contributed by atoms with Crippen LogP contribution < -0.4 is 28.9 Å². The van der Waals surface area contributed by atoms with Gasteiger partial charge in [0.1, 0.15) is 11.3 Å². The van der Waals surface area contributed by atoms with Crippen molar-refractivity contribution >= 4 is 45.2 Å². The third kappa shape index (κ3) is 3.33. The number of methoxy groups -OCH3 is 1. The summed E-state index contributed by atoms with van der Waals surface area (Å²) in [5.41, 5.74) is 10.2. The van der Waals surface area contributed by atoms with Gasteiger partial charge in [-0.05, 0) is 52.4 Å². The highest BCUT2D eigenvalue weighted by molar-refractivity contribution is 14.1. The lowest BCUT2D eigenvalue weighted by atomic mass is 9.91. The van der Waals surface area contributed by atoms with Gasteiger partial charge in [-0.25, -0.2) is 4.79 Å². The average molecular weight is 507 g/mol. The monoisotopic (exact) mass is 506 g/mol. The molecule has 142 valence electrons. The quantitative estimate of drug-likeness (QED) is 0.171. The topological polar surface area (TPSA) is 91.0 Å². The van der Waals surface area contributed by atoms with Crippen LogP contribution in [0.15, 0.2) is 59.0 Å². The fraction of sp³-hybridized carbons (Fsp3) is 0.0476. The Labute approximate surface area is 180 Å². The zero-order chi connectivity index (χ0) is 19.1. The largest absolute Gasteiger partial charge is 1.00 e. The van der Waals surface area contributed by atoms with E-state index in [1.54, 1.807) is 18.2 Å². The molecule has 0 radical (unpaired) electrons. The SMILES string of the molecule is COC(=O)c1ccccc1-c1c2cc(I)c(=[NH2+])cc-2oc2cc(N)ccc12.[Cl-]. The number of nitrogens with two attached hydrogens (primary N) is 2. The van der Waals surface area contributed by atoms with E-state index in [1.807, 2.05) is 36.4 Å². The molecule has 1 aliphatic carbocycles. The van der Waals surface area contributed by atoms with Gasteiger partial charge in [-0.1, -0.05) is 18.2 Å². The fourth-order valence-corrected chi connectivity index (χ4v) is 3.69. The van der Waals surface area contributed by atoms with Crippen molar-refractivity contribution in [2.45, 2.75) is 0 Å². The molecule has 0 atom stereocenters. The molecular formula is C21H16ClIN2O3. The summed E-state index contributed by atoms with van der Waals surface area (Å²) < 4.78 is 12.0. The first-order valence-corrected chi connectivity index (χ1v) is 9.29. The van der Waals surface area contributed by atoms with Gasteiger partial charge >= 0.3 is 5.97 Å². The molecule has 2 aromatic rings. The van der Waals surface area contributed by atoms with Crippen LogP contribution >= 0.6 is 22.6 Å². The van der Waals surface area contributed by atoms with Gasteiger partial charge < -0.3 is 27.3 Å². The highest BCUT2D eigenvalue weighted by Gasteiger charge is 2.22. The predicted molar refractivity (Wildman–Crippen MR) is 112 cm³/mol. The first-order valence-electron chi connectivity index (χ1n) is 8.21. The smallest absolute Gasteiger partial charge is 0.338 e. The minimum absolute atomic E-state index is 0. The molecule has 0 bridgehead atoms. The average Bonchev–Trinajstić information content (AvgIpc) is 2.67. The fourth-order valence-electron chi connectivity index (χ4n) is 3.22. The molecule has 28 heavy (non-hydrogen) atoms. The molecule has 5 nitrogen and oxygen atoms in total. The van der Waals surface area contributed by atoms with E-state index in [1.165, 1.54) is 7.11 Å². The van der Waals surface area contributed by atoms with Crippen LogP contribution in [0.5, 0.6) is 0 Å². The van der Waals surface area contributed by atoms with Crippen LogP contribution in [0.2, 0.25) is 0 Å². The van der Waals surface area contributed by atoms with E-state index in [0.29, 0.717) is 28.0 Å². The van der Waals surface area contributed by atoms with Gasteiger partial charge in [0.2, 0.25) is 5.36 Å². The summed E-state index contributed by atoms with van der Waals surface area (Å²) in [5, 5.41) is 7.56. The summed E-state index contributed by atoms with van der Waals surface area (Å²) in [4.78, 5) is 12.4. The van der Waals surface area contributed by atoms with Crippen LogP contribution in [0.25, 0.3) is 33.4 Å². The maximum atomic E-state index is 12.4. The van der Waals surface area contributed by atoms with Gasteiger partial charge in [-0.3, -0.25) is 5.41 Å². The van der Waals surface area contributed by atoms with Crippen molar-refractivity contribution in [3.8, 4) is 22.5 Å². The Bertz CT molecular complexity index is 1240. The highest BCUT2D eigenvalue weighted by Crippen LogP contribution is 2.42. The summed E-state index contributed by atoms with van der Waals surface area (Å²) in [6.07, 6.45) is 0. The van der Waals surface area contributed by atoms with E-state index in [9.17, 15) is 4.79 Å². The maximum absolute atomic E-state index is 12.4. The lowest BCUT2D eigenvalue weighted by molar-refractivity contribution is -0.173. The molecule has 0 aromatic heterocycles. The number of esters is 1. The van der Waals surface area contributed by atoms with Crippen LogP contribution in [-0.2, 0) is 4.74 Å². The van der Waals surface area contributed by atoms with Gasteiger partial charge in [0.15, 0.2) is 0 Å². The third-order valence-corrected chi connectivity index (χ3v) is 5.40. The van der Waals surface area contributed by atoms with Gasteiger partial charge in [0.25, 0.3) is 0 Å². The molecule has 1 aliphatic heterocycles. The Balaban J connectivity index is 0.00000225. The number of hydrogen-bond donors (Lipinski definition) is 2. The van der Waals surface area contributed by atoms with Crippen LogP contribution in [0, 0.1) is 3.57 Å². The summed E-state index contributed by atoms with van der Waals surface area (Å²) in [6, 6.07) is 16.6. The first-order chi connectivity index (χ1) is 13.0. The summed E-state index contributed by atoms with van der Waals surface area (Å²) >= 11 is 2.19. The number of nitrogen functional groups attached to an aromatic ring is 1. The standard InChI is InChI=1S/C21H15IN2O3.ClH/c1-26-21(25)13-5-3-2-4-12(13)20-14-7-6-11(23)8-18(14)27-19-10-17(24)16(22)9-15(19)20;/h2-10,24H,23H2,1H3;1H. The summed E-state index contributed by atoms with van der Waals surface area (Å²) in [7, 11) is 1.37. The van der Waals surface area contributed by atoms with E-state index in [-0.39, 0.29) is 12.4 Å². The molecule has 0 saturated carbocycles. The van der Waals surface area contributed by atoms with E-state index in [2.05, 4.69) is 22.6 Å². The molecule has 4 N–H and O–H groups in total. The normalized spacial score (nSPS) is 10.6. The molecule has 4 rings (SSSR count). The summed E-state index contributed by atoms with van der Waals surface area (Å²) in [5.74, 6) is 0.231. The Morgan fingerprint density at radius 3 is 2.61 bits per heavy atom. The number of anilines is 1. The molecule has 0 amide bonds. The van der Waals surface area contributed by atoms with Crippen molar-refractivity contribution in [1.29, 1.82) is 0 Å². The van der Waals surface area contributed by atoms with Crippen molar-refractivity contribution in [2.24, 2.45) is 0 Å². The predicted octanol–water partition coefficient (Wildman–Crippen LogP) is -0.158. The minimum atomic E-state index is -0.395. The lowest BCUT2D eigenvalue weighted by Crippen LogP contribution is -3.00. The van der Waals surface area contributed by atoms with Gasteiger partial charge in [0, 0.05) is 28.3 Å². The van der Waals surface area contributed by atoms with E-state index >= 15 is 0 Å². The van der Waals surface area contributed by atoms with Crippen LogP contribution in [0.1, 0.15) is 10.4 Å². The van der Waals surface area contributed by atoms with Crippen molar-refractivity contribution < 1.29 is 31.8 Å². The molecule has 1 heterocycles. The number of hydrogen-bond acceptors (Lipinski definition) is 4. The van der Waals surface area contributed by atoms with Crippen LogP contribution in [0.3, 0.4) is 0 Å². The number of carbonyl (C=O) groups excluding carboxylic acids is 1. The zero-order valence-electron chi connectivity index (χ0n) is 14.8. The van der Waals surface area contributed by atoms with Crippen molar-refractivity contribution in [1.82, 2.24) is 0 Å².